The van der Waals surface area contributed by atoms with Crippen molar-refractivity contribution in [1.82, 2.24) is 15.0 Å². The molecule has 5 nitrogen and oxygen atoms in total. The summed E-state index contributed by atoms with van der Waals surface area (Å²) < 4.78 is 32.6. The Balaban J connectivity index is 1.67. The van der Waals surface area contributed by atoms with Gasteiger partial charge in [0.2, 0.25) is 5.88 Å². The van der Waals surface area contributed by atoms with Crippen molar-refractivity contribution in [1.29, 1.82) is 0 Å². The standard InChI is InChI=1S/C21H20F2N4O/c1-21(22,23)18-9-8-15(14-26-18)28-20-17(7-5-11-25-20)16-6-4-10-24-19(16)27-12-2-3-13-27/h4-11,14H,2-3,12-13H2,1H3. The second-order valence-corrected chi connectivity index (χ2v) is 6.79. The number of hydrogen-bond acceptors (Lipinski definition) is 5. The summed E-state index contributed by atoms with van der Waals surface area (Å²) in [6.07, 6.45) is 6.99. The molecule has 0 aromatic carbocycles. The Morgan fingerprint density at radius 2 is 1.64 bits per heavy atom. The number of ether oxygens (including phenoxy) is 1. The lowest BCUT2D eigenvalue weighted by Crippen LogP contribution is -2.19. The van der Waals surface area contributed by atoms with Crippen LogP contribution in [0.2, 0.25) is 0 Å². The highest BCUT2D eigenvalue weighted by Crippen LogP contribution is 2.37. The zero-order valence-electron chi connectivity index (χ0n) is 15.5. The number of nitrogens with zero attached hydrogens (tertiary/aromatic N) is 4. The molecule has 1 aliphatic rings. The van der Waals surface area contributed by atoms with Gasteiger partial charge in [0, 0.05) is 43.5 Å². The van der Waals surface area contributed by atoms with E-state index in [1.807, 2.05) is 24.3 Å². The quantitative estimate of drug-likeness (QED) is 0.619. The molecule has 0 bridgehead atoms. The van der Waals surface area contributed by atoms with Gasteiger partial charge < -0.3 is 9.64 Å². The molecule has 4 rings (SSSR count). The highest BCUT2D eigenvalue weighted by molar-refractivity contribution is 5.79. The number of aromatic nitrogens is 3. The minimum Gasteiger partial charge on any atom is -0.437 e. The molecule has 0 N–H and O–H groups in total. The fourth-order valence-corrected chi connectivity index (χ4v) is 3.28. The topological polar surface area (TPSA) is 51.1 Å². The Morgan fingerprint density at radius 3 is 2.32 bits per heavy atom. The number of hydrogen-bond donors (Lipinski definition) is 0. The van der Waals surface area contributed by atoms with Crippen LogP contribution in [0.4, 0.5) is 14.6 Å². The molecule has 3 aromatic heterocycles. The Kier molecular flexibility index (Phi) is 4.90. The van der Waals surface area contributed by atoms with Crippen LogP contribution >= 0.6 is 0 Å². The molecule has 0 unspecified atom stereocenters. The lowest BCUT2D eigenvalue weighted by Gasteiger charge is -2.20. The molecule has 7 heteroatoms. The second-order valence-electron chi connectivity index (χ2n) is 6.79. The van der Waals surface area contributed by atoms with E-state index in [0.29, 0.717) is 11.6 Å². The van der Waals surface area contributed by atoms with E-state index in [-0.39, 0.29) is 5.69 Å². The Bertz CT molecular complexity index is 951. The number of anilines is 1. The van der Waals surface area contributed by atoms with Gasteiger partial charge in [-0.3, -0.25) is 4.98 Å². The molecule has 0 spiro atoms. The normalized spacial score (nSPS) is 14.3. The lowest BCUT2D eigenvalue weighted by atomic mass is 10.1. The zero-order chi connectivity index (χ0) is 19.6. The SMILES string of the molecule is CC(F)(F)c1ccc(Oc2ncccc2-c2cccnc2N2CCCC2)cn1. The van der Waals surface area contributed by atoms with Gasteiger partial charge in [-0.2, -0.15) is 8.78 Å². The van der Waals surface area contributed by atoms with Crippen molar-refractivity contribution >= 4 is 5.82 Å². The third-order valence-electron chi connectivity index (χ3n) is 4.65. The van der Waals surface area contributed by atoms with Crippen molar-refractivity contribution in [2.45, 2.75) is 25.7 Å². The van der Waals surface area contributed by atoms with Crippen molar-refractivity contribution in [2.24, 2.45) is 0 Å². The van der Waals surface area contributed by atoms with E-state index < -0.39 is 5.92 Å². The maximum absolute atomic E-state index is 13.4. The Hall–Kier alpha value is -3.09. The van der Waals surface area contributed by atoms with Gasteiger partial charge in [0.15, 0.2) is 0 Å². The Labute approximate surface area is 162 Å². The van der Waals surface area contributed by atoms with Crippen LogP contribution in [-0.2, 0) is 5.92 Å². The predicted molar refractivity (Wildman–Crippen MR) is 103 cm³/mol. The predicted octanol–water partition coefficient (Wildman–Crippen LogP) is 5.04. The molecule has 0 radical (unpaired) electrons. The van der Waals surface area contributed by atoms with Crippen molar-refractivity contribution in [3.63, 3.8) is 0 Å². The molecular formula is C21H20F2N4O. The van der Waals surface area contributed by atoms with E-state index in [4.69, 9.17) is 4.74 Å². The first-order valence-electron chi connectivity index (χ1n) is 9.20. The summed E-state index contributed by atoms with van der Waals surface area (Å²) in [5.74, 6) is -1.36. The van der Waals surface area contributed by atoms with Gasteiger partial charge in [-0.05, 0) is 49.2 Å². The van der Waals surface area contributed by atoms with E-state index in [1.54, 1.807) is 12.4 Å². The summed E-state index contributed by atoms with van der Waals surface area (Å²) in [6, 6.07) is 10.4. The summed E-state index contributed by atoms with van der Waals surface area (Å²) in [5.41, 5.74) is 1.42. The van der Waals surface area contributed by atoms with Gasteiger partial charge in [0.1, 0.15) is 17.3 Å². The Morgan fingerprint density at radius 1 is 0.929 bits per heavy atom. The largest absolute Gasteiger partial charge is 0.437 e. The van der Waals surface area contributed by atoms with Gasteiger partial charge in [0.05, 0.1) is 6.20 Å². The van der Waals surface area contributed by atoms with Crippen LogP contribution in [-0.4, -0.2) is 28.0 Å². The molecule has 0 amide bonds. The van der Waals surface area contributed by atoms with E-state index in [1.165, 1.54) is 18.3 Å². The van der Waals surface area contributed by atoms with Crippen LogP contribution in [0.5, 0.6) is 11.6 Å². The zero-order valence-corrected chi connectivity index (χ0v) is 15.5. The monoisotopic (exact) mass is 382 g/mol. The summed E-state index contributed by atoms with van der Waals surface area (Å²) in [4.78, 5) is 15.0. The lowest BCUT2D eigenvalue weighted by molar-refractivity contribution is 0.0127. The maximum Gasteiger partial charge on any atom is 0.286 e. The van der Waals surface area contributed by atoms with Crippen molar-refractivity contribution in [2.75, 3.05) is 18.0 Å². The first-order valence-corrected chi connectivity index (χ1v) is 9.20. The average Bonchev–Trinajstić information content (AvgIpc) is 3.23. The number of alkyl halides is 2. The molecule has 4 heterocycles. The number of pyridine rings is 3. The molecule has 0 aliphatic carbocycles. The van der Waals surface area contributed by atoms with Crippen LogP contribution < -0.4 is 9.64 Å². The summed E-state index contributed by atoms with van der Waals surface area (Å²) in [7, 11) is 0. The van der Waals surface area contributed by atoms with Crippen molar-refractivity contribution < 1.29 is 13.5 Å². The molecular weight excluding hydrogens is 362 g/mol. The van der Waals surface area contributed by atoms with Gasteiger partial charge in [0.25, 0.3) is 5.92 Å². The molecule has 1 fully saturated rings. The van der Waals surface area contributed by atoms with E-state index in [0.717, 1.165) is 49.8 Å². The smallest absolute Gasteiger partial charge is 0.286 e. The van der Waals surface area contributed by atoms with Crippen LogP contribution in [0, 0.1) is 0 Å². The van der Waals surface area contributed by atoms with Gasteiger partial charge >= 0.3 is 0 Å². The molecule has 1 aliphatic heterocycles. The third kappa shape index (κ3) is 3.78. The first-order chi connectivity index (χ1) is 13.5. The minimum absolute atomic E-state index is 0.301. The highest BCUT2D eigenvalue weighted by Gasteiger charge is 2.26. The fraction of sp³-hybridized carbons (Fsp3) is 0.286. The van der Waals surface area contributed by atoms with E-state index in [2.05, 4.69) is 19.9 Å². The molecule has 0 saturated carbocycles. The highest BCUT2D eigenvalue weighted by atomic mass is 19.3. The first kappa shape index (κ1) is 18.3. The maximum atomic E-state index is 13.4. The molecule has 1 saturated heterocycles. The van der Waals surface area contributed by atoms with Crippen LogP contribution in [0.1, 0.15) is 25.5 Å². The van der Waals surface area contributed by atoms with Crippen LogP contribution in [0.15, 0.2) is 55.0 Å². The van der Waals surface area contributed by atoms with E-state index in [9.17, 15) is 8.78 Å². The van der Waals surface area contributed by atoms with Gasteiger partial charge in [-0.15, -0.1) is 0 Å². The fourth-order valence-electron chi connectivity index (χ4n) is 3.28. The molecule has 3 aromatic rings. The van der Waals surface area contributed by atoms with Crippen molar-refractivity contribution in [3.05, 3.63) is 60.7 Å². The van der Waals surface area contributed by atoms with Gasteiger partial charge in [-0.25, -0.2) is 9.97 Å². The average molecular weight is 382 g/mol. The summed E-state index contributed by atoms with van der Waals surface area (Å²) in [5, 5.41) is 0. The van der Waals surface area contributed by atoms with Crippen molar-refractivity contribution in [3.8, 4) is 22.8 Å². The summed E-state index contributed by atoms with van der Waals surface area (Å²) >= 11 is 0. The third-order valence-corrected chi connectivity index (χ3v) is 4.65. The van der Waals surface area contributed by atoms with Gasteiger partial charge in [-0.1, -0.05) is 0 Å². The molecule has 144 valence electrons. The number of rotatable bonds is 5. The van der Waals surface area contributed by atoms with E-state index >= 15 is 0 Å². The minimum atomic E-state index is -2.99. The second kappa shape index (κ2) is 7.50. The van der Waals surface area contributed by atoms with Crippen LogP contribution in [0.3, 0.4) is 0 Å². The number of halogens is 2. The molecule has 28 heavy (non-hydrogen) atoms. The summed E-state index contributed by atoms with van der Waals surface area (Å²) in [6.45, 7) is 2.75. The molecule has 0 atom stereocenters. The van der Waals surface area contributed by atoms with Crippen LogP contribution in [0.25, 0.3) is 11.1 Å².